The lowest BCUT2D eigenvalue weighted by atomic mass is 9.87. The molecule has 2 fully saturated rings. The third-order valence-electron chi connectivity index (χ3n) is 7.29. The van der Waals surface area contributed by atoms with Crippen molar-refractivity contribution in [2.24, 2.45) is 23.2 Å². The minimum absolute atomic E-state index is 0.0342. The van der Waals surface area contributed by atoms with E-state index in [2.05, 4.69) is 38.7 Å². The van der Waals surface area contributed by atoms with Gasteiger partial charge in [0.15, 0.2) is 0 Å². The maximum atomic E-state index is 13.2. The number of allylic oxidation sites excluding steroid dienone is 1. The third kappa shape index (κ3) is 4.49. The molecular formula is C26H26BrFN2O3. The summed E-state index contributed by atoms with van der Waals surface area (Å²) in [6.45, 7) is 0.0715. The molecule has 5 nitrogen and oxygen atoms in total. The average Bonchev–Trinajstić information content (AvgIpc) is 3.47. The fraction of sp³-hybridized carbons (Fsp3) is 0.385. The molecule has 2 aromatic rings. The van der Waals surface area contributed by atoms with E-state index in [1.807, 2.05) is 24.3 Å². The van der Waals surface area contributed by atoms with Gasteiger partial charge >= 0.3 is 0 Å². The largest absolute Gasteiger partial charge is 0.357 e. The second kappa shape index (κ2) is 9.03. The van der Waals surface area contributed by atoms with E-state index in [9.17, 15) is 14.0 Å². The van der Waals surface area contributed by atoms with Crippen LogP contribution in [0.15, 0.2) is 65.2 Å². The molecule has 3 aliphatic carbocycles. The van der Waals surface area contributed by atoms with Crippen molar-refractivity contribution in [3.8, 4) is 0 Å². The molecule has 4 atom stereocenters. The van der Waals surface area contributed by atoms with E-state index in [1.165, 1.54) is 12.1 Å². The predicted molar refractivity (Wildman–Crippen MR) is 127 cm³/mol. The number of nitrogens with one attached hydrogen (secondary N) is 2. The van der Waals surface area contributed by atoms with Gasteiger partial charge in [-0.25, -0.2) is 4.39 Å². The Bertz CT molecular complexity index is 1070. The number of hydrogen-bond donors (Lipinski definition) is 2. The Morgan fingerprint density at radius 2 is 1.73 bits per heavy atom. The lowest BCUT2D eigenvalue weighted by Crippen LogP contribution is -2.40. The van der Waals surface area contributed by atoms with Crippen molar-refractivity contribution in [1.82, 2.24) is 5.32 Å². The van der Waals surface area contributed by atoms with Crippen molar-refractivity contribution in [2.75, 3.05) is 12.0 Å². The molecule has 2 saturated carbocycles. The van der Waals surface area contributed by atoms with Crippen molar-refractivity contribution < 1.29 is 18.7 Å². The van der Waals surface area contributed by atoms with Gasteiger partial charge in [-0.05, 0) is 72.6 Å². The maximum Gasteiger partial charge on any atom is 0.230 e. The molecule has 2 bridgehead atoms. The summed E-state index contributed by atoms with van der Waals surface area (Å²) in [6.07, 6.45) is 7.18. The lowest BCUT2D eigenvalue weighted by molar-refractivity contribution is -0.128. The second-order valence-electron chi connectivity index (χ2n) is 9.19. The average molecular weight is 513 g/mol. The molecule has 33 heavy (non-hydrogen) atoms. The van der Waals surface area contributed by atoms with Gasteiger partial charge in [-0.3, -0.25) is 9.59 Å². The van der Waals surface area contributed by atoms with Crippen LogP contribution < -0.4 is 10.6 Å². The van der Waals surface area contributed by atoms with E-state index in [4.69, 9.17) is 4.74 Å². The highest BCUT2D eigenvalue weighted by molar-refractivity contribution is 9.10. The number of carbonyl (C=O) groups is 2. The molecule has 0 aromatic heterocycles. The molecule has 1 spiro atoms. The predicted octanol–water partition coefficient (Wildman–Crippen LogP) is 4.83. The molecule has 0 heterocycles. The van der Waals surface area contributed by atoms with Crippen LogP contribution >= 0.6 is 15.9 Å². The fourth-order valence-corrected chi connectivity index (χ4v) is 5.76. The van der Waals surface area contributed by atoms with Gasteiger partial charge in [0.25, 0.3) is 0 Å². The SMILES string of the molecule is O=C(CCc1ccc(F)cc1)NCO[C@H]1[C@H](C(=O)Nc2ccc(Br)cc2)[C@@H]2C=C[C@@H]1C21CC1. The third-order valence-corrected chi connectivity index (χ3v) is 7.82. The van der Waals surface area contributed by atoms with Crippen LogP contribution in [0.1, 0.15) is 24.8 Å². The highest BCUT2D eigenvalue weighted by Gasteiger charge is 2.68. The minimum atomic E-state index is -0.288. The number of aryl methyl sites for hydroxylation is 1. The summed E-state index contributed by atoms with van der Waals surface area (Å²) in [4.78, 5) is 25.5. The van der Waals surface area contributed by atoms with Gasteiger partial charge in [-0.2, -0.15) is 0 Å². The first kappa shape index (κ1) is 22.3. The van der Waals surface area contributed by atoms with Crippen LogP contribution in [-0.2, 0) is 20.7 Å². The van der Waals surface area contributed by atoms with Crippen molar-refractivity contribution in [3.63, 3.8) is 0 Å². The molecule has 172 valence electrons. The molecule has 0 saturated heterocycles. The number of amides is 2. The van der Waals surface area contributed by atoms with Crippen molar-refractivity contribution in [1.29, 1.82) is 0 Å². The fourth-order valence-electron chi connectivity index (χ4n) is 5.49. The molecule has 5 rings (SSSR count). The van der Waals surface area contributed by atoms with Crippen LogP contribution in [0.25, 0.3) is 0 Å². The summed E-state index contributed by atoms with van der Waals surface area (Å²) in [6, 6.07) is 13.7. The summed E-state index contributed by atoms with van der Waals surface area (Å²) < 4.78 is 20.1. The highest BCUT2D eigenvalue weighted by atomic mass is 79.9. The van der Waals surface area contributed by atoms with Crippen LogP contribution in [0, 0.1) is 29.0 Å². The zero-order chi connectivity index (χ0) is 23.0. The first-order valence-corrected chi connectivity index (χ1v) is 12.1. The van der Waals surface area contributed by atoms with E-state index < -0.39 is 0 Å². The molecule has 7 heteroatoms. The summed E-state index contributed by atoms with van der Waals surface area (Å²) in [5.74, 6) is -0.342. The highest BCUT2D eigenvalue weighted by Crippen LogP contribution is 2.70. The Balaban J connectivity index is 1.18. The van der Waals surface area contributed by atoms with Gasteiger partial charge < -0.3 is 15.4 Å². The van der Waals surface area contributed by atoms with E-state index in [-0.39, 0.29) is 53.6 Å². The topological polar surface area (TPSA) is 67.4 Å². The van der Waals surface area contributed by atoms with Gasteiger partial charge in [0.05, 0.1) is 12.0 Å². The zero-order valence-electron chi connectivity index (χ0n) is 18.1. The molecule has 0 aliphatic heterocycles. The molecule has 3 aliphatic rings. The van der Waals surface area contributed by atoms with Gasteiger partial charge in [0.1, 0.15) is 12.5 Å². The van der Waals surface area contributed by atoms with Crippen molar-refractivity contribution in [3.05, 3.63) is 76.5 Å². The molecule has 0 unspecified atom stereocenters. The smallest absolute Gasteiger partial charge is 0.230 e. The lowest BCUT2D eigenvalue weighted by Gasteiger charge is -2.27. The van der Waals surface area contributed by atoms with Crippen LogP contribution in [0.4, 0.5) is 10.1 Å². The van der Waals surface area contributed by atoms with Crippen LogP contribution in [0.3, 0.4) is 0 Å². The number of hydrogen-bond acceptors (Lipinski definition) is 3. The Kier molecular flexibility index (Phi) is 6.10. The molecular weight excluding hydrogens is 487 g/mol. The molecule has 2 N–H and O–H groups in total. The first-order valence-electron chi connectivity index (χ1n) is 11.3. The second-order valence-corrected chi connectivity index (χ2v) is 10.1. The van der Waals surface area contributed by atoms with Crippen molar-refractivity contribution >= 4 is 33.4 Å². The van der Waals surface area contributed by atoms with Gasteiger partial charge in [0.2, 0.25) is 11.8 Å². The number of halogens is 2. The maximum absolute atomic E-state index is 13.2. The van der Waals surface area contributed by atoms with Gasteiger partial charge in [-0.1, -0.05) is 40.2 Å². The quantitative estimate of drug-likeness (QED) is 0.393. The number of benzene rings is 2. The van der Waals surface area contributed by atoms with Gasteiger partial charge in [-0.15, -0.1) is 0 Å². The van der Waals surface area contributed by atoms with E-state index >= 15 is 0 Å². The summed E-state index contributed by atoms with van der Waals surface area (Å²) in [5.41, 5.74) is 1.82. The molecule has 2 amide bonds. The van der Waals surface area contributed by atoms with E-state index in [1.54, 1.807) is 12.1 Å². The van der Waals surface area contributed by atoms with E-state index in [0.717, 1.165) is 28.6 Å². The number of carbonyl (C=O) groups excluding carboxylic acids is 2. The number of rotatable bonds is 8. The monoisotopic (exact) mass is 512 g/mol. The molecule has 0 radical (unpaired) electrons. The Hall–Kier alpha value is -2.51. The molecule has 2 aromatic carbocycles. The number of ether oxygens (including phenoxy) is 1. The first-order chi connectivity index (χ1) is 16.0. The Morgan fingerprint density at radius 1 is 1.03 bits per heavy atom. The zero-order valence-corrected chi connectivity index (χ0v) is 19.7. The van der Waals surface area contributed by atoms with E-state index in [0.29, 0.717) is 12.8 Å². The van der Waals surface area contributed by atoms with Crippen LogP contribution in [0.5, 0.6) is 0 Å². The van der Waals surface area contributed by atoms with Crippen molar-refractivity contribution in [2.45, 2.75) is 31.8 Å². The Morgan fingerprint density at radius 3 is 2.42 bits per heavy atom. The van der Waals surface area contributed by atoms with Crippen LogP contribution in [-0.4, -0.2) is 24.6 Å². The number of anilines is 1. The summed E-state index contributed by atoms with van der Waals surface area (Å²) in [7, 11) is 0. The van der Waals surface area contributed by atoms with Gasteiger partial charge in [0, 0.05) is 22.5 Å². The van der Waals surface area contributed by atoms with Crippen LogP contribution in [0.2, 0.25) is 0 Å². The minimum Gasteiger partial charge on any atom is -0.357 e. The normalized spacial score (nSPS) is 25.9. The summed E-state index contributed by atoms with van der Waals surface area (Å²) in [5, 5.41) is 5.86. The standard InChI is InChI=1S/C26H26BrFN2O3/c27-17-4-8-19(9-5-17)30-25(32)23-20-10-11-21(26(20)13-14-26)24(23)33-15-29-22(31)12-3-16-1-6-18(28)7-2-16/h1-2,4-11,20-21,23-24H,3,12-15H2,(H,29,31)(H,30,32)/t20-,21-,23+,24+/m0/s1. The Labute approximate surface area is 200 Å². The summed E-state index contributed by atoms with van der Waals surface area (Å²) >= 11 is 3.41.